The molecule has 0 spiro atoms. The van der Waals surface area contributed by atoms with Gasteiger partial charge in [0.1, 0.15) is 5.54 Å². The van der Waals surface area contributed by atoms with Crippen molar-refractivity contribution < 1.29 is 14.3 Å². The van der Waals surface area contributed by atoms with Gasteiger partial charge < -0.3 is 19.9 Å². The van der Waals surface area contributed by atoms with Crippen LogP contribution < -0.4 is 10.2 Å². The lowest BCUT2D eigenvalue weighted by Gasteiger charge is -2.38. The van der Waals surface area contributed by atoms with Gasteiger partial charge in [0.2, 0.25) is 5.91 Å². The van der Waals surface area contributed by atoms with Crippen molar-refractivity contribution in [1.29, 1.82) is 0 Å². The summed E-state index contributed by atoms with van der Waals surface area (Å²) in [7, 11) is 1.28. The Morgan fingerprint density at radius 3 is 2.52 bits per heavy atom. The Labute approximate surface area is 127 Å². The van der Waals surface area contributed by atoms with Gasteiger partial charge in [-0.1, -0.05) is 0 Å². The van der Waals surface area contributed by atoms with E-state index in [0.717, 1.165) is 18.2 Å². The highest BCUT2D eigenvalue weighted by Crippen LogP contribution is 2.20. The van der Waals surface area contributed by atoms with E-state index in [0.29, 0.717) is 13.1 Å². The highest BCUT2D eigenvalue weighted by atomic mass is 32.1. The molecule has 2 amide bonds. The summed E-state index contributed by atoms with van der Waals surface area (Å²) in [6.45, 7) is 6.08. The van der Waals surface area contributed by atoms with E-state index in [1.165, 1.54) is 7.11 Å². The van der Waals surface area contributed by atoms with Crippen LogP contribution >= 0.6 is 11.3 Å². The van der Waals surface area contributed by atoms with Crippen molar-refractivity contribution in [3.63, 3.8) is 0 Å². The van der Waals surface area contributed by atoms with Crippen molar-refractivity contribution in [2.24, 2.45) is 0 Å². The number of ether oxygens (including phenoxy) is 1. The molecule has 1 aliphatic rings. The van der Waals surface area contributed by atoms with E-state index in [9.17, 15) is 9.59 Å². The monoisotopic (exact) mass is 312 g/mol. The fraction of sp³-hybridized carbons (Fsp3) is 0.615. The fourth-order valence-corrected chi connectivity index (χ4v) is 2.92. The third-order valence-electron chi connectivity index (χ3n) is 3.39. The lowest BCUT2D eigenvalue weighted by molar-refractivity contribution is -0.137. The zero-order valence-corrected chi connectivity index (χ0v) is 13.3. The summed E-state index contributed by atoms with van der Waals surface area (Å²) in [5.74, 6) is -0.105. The number of alkyl carbamates (subject to hydrolysis) is 1. The summed E-state index contributed by atoms with van der Waals surface area (Å²) < 4.78 is 4.55. The SMILES string of the molecule is COC(=O)NC(C)(C)C(=O)N1CCN(c2nccs2)CC1. The molecule has 0 bridgehead atoms. The molecule has 1 fully saturated rings. The smallest absolute Gasteiger partial charge is 0.407 e. The van der Waals surface area contributed by atoms with Gasteiger partial charge in [-0.05, 0) is 13.8 Å². The Hall–Kier alpha value is -1.83. The fourth-order valence-electron chi connectivity index (χ4n) is 2.23. The lowest BCUT2D eigenvalue weighted by atomic mass is 10.0. The average Bonchev–Trinajstić information content (AvgIpc) is 3.00. The van der Waals surface area contributed by atoms with Crippen molar-refractivity contribution in [2.75, 3.05) is 38.2 Å². The lowest BCUT2D eigenvalue weighted by Crippen LogP contribution is -2.59. The third-order valence-corrected chi connectivity index (χ3v) is 4.22. The Balaban J connectivity index is 1.92. The van der Waals surface area contributed by atoms with Crippen molar-refractivity contribution in [3.8, 4) is 0 Å². The van der Waals surface area contributed by atoms with Crippen LogP contribution in [0, 0.1) is 0 Å². The van der Waals surface area contributed by atoms with Gasteiger partial charge in [-0.3, -0.25) is 4.79 Å². The van der Waals surface area contributed by atoms with Crippen molar-refractivity contribution in [3.05, 3.63) is 11.6 Å². The summed E-state index contributed by atoms with van der Waals surface area (Å²) in [5, 5.41) is 5.49. The molecule has 2 rings (SSSR count). The highest BCUT2D eigenvalue weighted by Gasteiger charge is 2.35. The molecule has 1 aromatic rings. The van der Waals surface area contributed by atoms with Crippen LogP contribution in [-0.2, 0) is 9.53 Å². The molecule has 1 aliphatic heterocycles. The number of hydrogen-bond acceptors (Lipinski definition) is 6. The van der Waals surface area contributed by atoms with Crippen LogP contribution in [0.1, 0.15) is 13.8 Å². The molecular formula is C13H20N4O3S. The summed E-state index contributed by atoms with van der Waals surface area (Å²) in [5.41, 5.74) is -0.976. The first-order valence-corrected chi connectivity index (χ1v) is 7.62. The summed E-state index contributed by atoms with van der Waals surface area (Å²) >= 11 is 1.59. The molecule has 1 saturated heterocycles. The van der Waals surface area contributed by atoms with Gasteiger partial charge in [0, 0.05) is 37.8 Å². The van der Waals surface area contributed by atoms with Crippen LogP contribution in [0.2, 0.25) is 0 Å². The van der Waals surface area contributed by atoms with E-state index in [2.05, 4.69) is 19.9 Å². The van der Waals surface area contributed by atoms with E-state index in [-0.39, 0.29) is 5.91 Å². The molecule has 0 radical (unpaired) electrons. The van der Waals surface area contributed by atoms with Crippen molar-refractivity contribution in [1.82, 2.24) is 15.2 Å². The molecular weight excluding hydrogens is 292 g/mol. The number of rotatable bonds is 3. The minimum absolute atomic E-state index is 0.105. The largest absolute Gasteiger partial charge is 0.453 e. The number of anilines is 1. The zero-order chi connectivity index (χ0) is 15.5. The van der Waals surface area contributed by atoms with Gasteiger partial charge in [-0.15, -0.1) is 11.3 Å². The van der Waals surface area contributed by atoms with E-state index in [1.807, 2.05) is 5.38 Å². The van der Waals surface area contributed by atoms with Gasteiger partial charge in [0.15, 0.2) is 5.13 Å². The number of amides is 2. The molecule has 1 aromatic heterocycles. The minimum Gasteiger partial charge on any atom is -0.453 e. The maximum absolute atomic E-state index is 12.5. The van der Waals surface area contributed by atoms with Crippen LogP contribution in [0.25, 0.3) is 0 Å². The molecule has 0 aromatic carbocycles. The normalized spacial score (nSPS) is 15.8. The molecule has 0 atom stereocenters. The first-order chi connectivity index (χ1) is 9.94. The molecule has 21 heavy (non-hydrogen) atoms. The van der Waals surface area contributed by atoms with E-state index < -0.39 is 11.6 Å². The number of hydrogen-bond donors (Lipinski definition) is 1. The first kappa shape index (κ1) is 15.6. The number of carbonyl (C=O) groups excluding carboxylic acids is 2. The van der Waals surface area contributed by atoms with Crippen molar-refractivity contribution in [2.45, 2.75) is 19.4 Å². The van der Waals surface area contributed by atoms with Crippen LogP contribution in [-0.4, -0.2) is 60.7 Å². The van der Waals surface area contributed by atoms with Gasteiger partial charge in [0.05, 0.1) is 7.11 Å². The van der Waals surface area contributed by atoms with Crippen LogP contribution in [0.4, 0.5) is 9.93 Å². The van der Waals surface area contributed by atoms with Gasteiger partial charge in [-0.2, -0.15) is 0 Å². The van der Waals surface area contributed by atoms with Gasteiger partial charge in [0.25, 0.3) is 0 Å². The Bertz CT molecular complexity index is 496. The average molecular weight is 312 g/mol. The van der Waals surface area contributed by atoms with E-state index in [1.54, 1.807) is 36.3 Å². The maximum atomic E-state index is 12.5. The predicted molar refractivity (Wildman–Crippen MR) is 80.5 cm³/mol. The third kappa shape index (κ3) is 3.63. The predicted octanol–water partition coefficient (Wildman–Crippen LogP) is 0.926. The number of piperazine rings is 1. The van der Waals surface area contributed by atoms with Crippen LogP contribution in [0.3, 0.4) is 0 Å². The van der Waals surface area contributed by atoms with Crippen LogP contribution in [0.15, 0.2) is 11.6 Å². The van der Waals surface area contributed by atoms with Crippen molar-refractivity contribution >= 4 is 28.5 Å². The molecule has 1 N–H and O–H groups in total. The second kappa shape index (κ2) is 6.30. The number of thiazole rings is 1. The second-order valence-corrected chi connectivity index (χ2v) is 6.21. The topological polar surface area (TPSA) is 74.8 Å². The molecule has 7 nitrogen and oxygen atoms in total. The molecule has 0 saturated carbocycles. The van der Waals surface area contributed by atoms with Crippen LogP contribution in [0.5, 0.6) is 0 Å². The summed E-state index contributed by atoms with van der Waals surface area (Å²) in [4.78, 5) is 32.0. The molecule has 8 heteroatoms. The Kier molecular flexibility index (Phi) is 4.66. The molecule has 2 heterocycles. The zero-order valence-electron chi connectivity index (χ0n) is 12.5. The number of carbonyl (C=O) groups is 2. The molecule has 0 aliphatic carbocycles. The molecule has 0 unspecified atom stereocenters. The number of aromatic nitrogens is 1. The summed E-state index contributed by atoms with van der Waals surface area (Å²) in [6.07, 6.45) is 1.18. The number of methoxy groups -OCH3 is 1. The first-order valence-electron chi connectivity index (χ1n) is 6.74. The van der Waals surface area contributed by atoms with Gasteiger partial charge in [-0.25, -0.2) is 9.78 Å². The number of nitrogens with one attached hydrogen (secondary N) is 1. The highest BCUT2D eigenvalue weighted by molar-refractivity contribution is 7.13. The standard InChI is InChI=1S/C13H20N4O3S/c1-13(2,15-12(19)20-3)10(18)16-5-7-17(8-6-16)11-14-4-9-21-11/h4,9H,5-8H2,1-3H3,(H,15,19). The van der Waals surface area contributed by atoms with Gasteiger partial charge >= 0.3 is 6.09 Å². The summed E-state index contributed by atoms with van der Waals surface area (Å²) in [6, 6.07) is 0. The van der Waals surface area contributed by atoms with E-state index in [4.69, 9.17) is 0 Å². The quantitative estimate of drug-likeness (QED) is 0.898. The Morgan fingerprint density at radius 1 is 1.33 bits per heavy atom. The van der Waals surface area contributed by atoms with E-state index >= 15 is 0 Å². The minimum atomic E-state index is -0.976. The maximum Gasteiger partial charge on any atom is 0.407 e. The number of nitrogens with zero attached hydrogens (tertiary/aromatic N) is 3. The second-order valence-electron chi connectivity index (χ2n) is 5.34. The Morgan fingerprint density at radius 2 is 2.00 bits per heavy atom. The molecule has 116 valence electrons.